The molecule has 0 aromatic heterocycles. The van der Waals surface area contributed by atoms with Gasteiger partial charge in [0.05, 0.1) is 6.04 Å². The quantitative estimate of drug-likeness (QED) is 0.647. The van der Waals surface area contributed by atoms with Crippen molar-refractivity contribution in [2.45, 2.75) is 18.9 Å². The molecule has 1 aromatic rings. The van der Waals surface area contributed by atoms with Gasteiger partial charge in [0.25, 0.3) is 5.91 Å². The van der Waals surface area contributed by atoms with E-state index in [9.17, 15) is 14.7 Å². The number of rotatable bonds is 0. The van der Waals surface area contributed by atoms with E-state index in [4.69, 9.17) is 5.11 Å². The molecule has 1 fully saturated rings. The second-order valence-electron chi connectivity index (χ2n) is 5.10. The minimum Gasteiger partial charge on any atom is -0.508 e. The van der Waals surface area contributed by atoms with Crippen LogP contribution in [-0.2, 0) is 0 Å². The highest BCUT2D eigenvalue weighted by molar-refractivity contribution is 5.99. The first-order chi connectivity index (χ1) is 8.97. The molecule has 0 saturated carbocycles. The highest BCUT2D eigenvalue weighted by atomic mass is 16.4. The fourth-order valence-electron chi connectivity index (χ4n) is 3.06. The average molecular weight is 262 g/mol. The normalized spacial score (nSPS) is 24.7. The molecule has 6 heteroatoms. The van der Waals surface area contributed by atoms with E-state index < -0.39 is 6.09 Å². The standard InChI is InChI=1S/C13H14N2O4/c1-6-2-7(16)3-8-9-4-15(13(18)19)5-10(9)14-12(17)11(6)8/h2-3,9-10,16H,4-5H2,1H3,(H,14,17)(H,18,19). The number of aryl methyl sites for hydroxylation is 1. The van der Waals surface area contributed by atoms with Crippen molar-refractivity contribution in [1.29, 1.82) is 0 Å². The van der Waals surface area contributed by atoms with Crippen LogP contribution >= 0.6 is 0 Å². The summed E-state index contributed by atoms with van der Waals surface area (Å²) in [5, 5.41) is 21.6. The lowest BCUT2D eigenvalue weighted by Gasteiger charge is -2.28. The van der Waals surface area contributed by atoms with E-state index in [2.05, 4.69) is 5.32 Å². The van der Waals surface area contributed by atoms with Gasteiger partial charge in [-0.25, -0.2) is 4.79 Å². The molecule has 0 radical (unpaired) electrons. The molecule has 100 valence electrons. The predicted molar refractivity (Wildman–Crippen MR) is 66.4 cm³/mol. The summed E-state index contributed by atoms with van der Waals surface area (Å²) in [6, 6.07) is 2.91. The smallest absolute Gasteiger partial charge is 0.407 e. The van der Waals surface area contributed by atoms with Gasteiger partial charge in [0.15, 0.2) is 0 Å². The molecule has 2 amide bonds. The number of amides is 2. The molecule has 0 bridgehead atoms. The first-order valence-corrected chi connectivity index (χ1v) is 6.09. The van der Waals surface area contributed by atoms with Crippen molar-refractivity contribution in [2.75, 3.05) is 13.1 Å². The summed E-state index contributed by atoms with van der Waals surface area (Å²) in [7, 11) is 0. The minimum atomic E-state index is -0.984. The number of phenols is 1. The zero-order chi connectivity index (χ0) is 13.7. The highest BCUT2D eigenvalue weighted by Gasteiger charge is 2.42. The monoisotopic (exact) mass is 262 g/mol. The lowest BCUT2D eigenvalue weighted by molar-refractivity contribution is 0.0920. The summed E-state index contributed by atoms with van der Waals surface area (Å²) < 4.78 is 0. The molecule has 1 saturated heterocycles. The molecular weight excluding hydrogens is 248 g/mol. The van der Waals surface area contributed by atoms with E-state index in [0.29, 0.717) is 24.2 Å². The molecule has 2 unspecified atom stereocenters. The van der Waals surface area contributed by atoms with Gasteiger partial charge in [-0.05, 0) is 30.2 Å². The predicted octanol–water partition coefficient (Wildman–Crippen LogP) is 0.890. The van der Waals surface area contributed by atoms with E-state index in [0.717, 1.165) is 5.56 Å². The Kier molecular flexibility index (Phi) is 2.41. The fourth-order valence-corrected chi connectivity index (χ4v) is 3.06. The number of carboxylic acid groups (broad SMARTS) is 1. The van der Waals surface area contributed by atoms with Gasteiger partial charge in [0.2, 0.25) is 0 Å². The van der Waals surface area contributed by atoms with Crippen LogP contribution in [0.3, 0.4) is 0 Å². The van der Waals surface area contributed by atoms with Crippen LogP contribution in [0, 0.1) is 6.92 Å². The zero-order valence-electron chi connectivity index (χ0n) is 10.4. The summed E-state index contributed by atoms with van der Waals surface area (Å²) in [5.74, 6) is -0.172. The minimum absolute atomic E-state index is 0.0883. The Hall–Kier alpha value is -2.24. The molecule has 2 heterocycles. The number of carbonyl (C=O) groups is 2. The maximum Gasteiger partial charge on any atom is 0.407 e. The van der Waals surface area contributed by atoms with E-state index in [1.807, 2.05) is 0 Å². The van der Waals surface area contributed by atoms with Crippen molar-refractivity contribution in [3.63, 3.8) is 0 Å². The van der Waals surface area contributed by atoms with E-state index >= 15 is 0 Å². The molecule has 2 atom stereocenters. The summed E-state index contributed by atoms with van der Waals surface area (Å²) in [6.45, 7) is 2.40. The van der Waals surface area contributed by atoms with Gasteiger partial charge in [0.1, 0.15) is 5.75 Å². The summed E-state index contributed by atoms with van der Waals surface area (Å²) in [4.78, 5) is 24.4. The van der Waals surface area contributed by atoms with E-state index in [1.165, 1.54) is 4.90 Å². The average Bonchev–Trinajstić information content (AvgIpc) is 2.71. The highest BCUT2D eigenvalue weighted by Crippen LogP contribution is 2.37. The number of aromatic hydroxyl groups is 1. The number of phenolic OH excluding ortho intramolecular Hbond substituents is 1. The third-order valence-corrected chi connectivity index (χ3v) is 3.88. The molecule has 0 spiro atoms. The third kappa shape index (κ3) is 1.71. The van der Waals surface area contributed by atoms with Crippen molar-refractivity contribution < 1.29 is 19.8 Å². The van der Waals surface area contributed by atoms with Crippen LogP contribution in [-0.4, -0.2) is 46.2 Å². The summed E-state index contributed by atoms with van der Waals surface area (Å²) >= 11 is 0. The molecule has 2 aliphatic heterocycles. The van der Waals surface area contributed by atoms with E-state index in [1.54, 1.807) is 19.1 Å². The number of hydrogen-bond donors (Lipinski definition) is 3. The van der Waals surface area contributed by atoms with Gasteiger partial charge >= 0.3 is 6.09 Å². The lowest BCUT2D eigenvalue weighted by atomic mass is 9.84. The molecule has 3 rings (SSSR count). The van der Waals surface area contributed by atoms with Crippen LogP contribution < -0.4 is 5.32 Å². The van der Waals surface area contributed by atoms with Crippen LogP contribution in [0.1, 0.15) is 27.4 Å². The Morgan fingerprint density at radius 3 is 2.84 bits per heavy atom. The summed E-state index contributed by atoms with van der Waals surface area (Å²) in [5.41, 5.74) is 2.01. The SMILES string of the molecule is Cc1cc(O)cc2c1C(=O)NC1CN(C(=O)O)CC21. The van der Waals surface area contributed by atoms with Crippen LogP contribution in [0.25, 0.3) is 0 Å². The van der Waals surface area contributed by atoms with Crippen molar-refractivity contribution in [3.05, 3.63) is 28.8 Å². The van der Waals surface area contributed by atoms with E-state index in [-0.39, 0.29) is 23.6 Å². The Bertz CT molecular complexity index is 584. The number of likely N-dealkylation sites (tertiary alicyclic amines) is 1. The Morgan fingerprint density at radius 1 is 1.42 bits per heavy atom. The Balaban J connectivity index is 2.08. The summed E-state index contributed by atoms with van der Waals surface area (Å²) in [6.07, 6.45) is -0.984. The van der Waals surface area contributed by atoms with Crippen LogP contribution in [0.15, 0.2) is 12.1 Å². The molecule has 19 heavy (non-hydrogen) atoms. The van der Waals surface area contributed by atoms with Crippen molar-refractivity contribution in [2.24, 2.45) is 0 Å². The van der Waals surface area contributed by atoms with Gasteiger partial charge in [-0.2, -0.15) is 0 Å². The fraction of sp³-hybridized carbons (Fsp3) is 0.385. The number of benzene rings is 1. The van der Waals surface area contributed by atoms with Crippen LogP contribution in [0.2, 0.25) is 0 Å². The molecule has 0 aliphatic carbocycles. The number of carbonyl (C=O) groups excluding carboxylic acids is 1. The van der Waals surface area contributed by atoms with Gasteiger partial charge in [-0.3, -0.25) is 4.79 Å². The third-order valence-electron chi connectivity index (χ3n) is 3.88. The lowest BCUT2D eigenvalue weighted by Crippen LogP contribution is -2.44. The van der Waals surface area contributed by atoms with Crippen LogP contribution in [0.5, 0.6) is 5.75 Å². The Labute approximate surface area is 109 Å². The largest absolute Gasteiger partial charge is 0.508 e. The van der Waals surface area contributed by atoms with Crippen molar-refractivity contribution in [1.82, 2.24) is 10.2 Å². The molecule has 3 N–H and O–H groups in total. The first kappa shape index (κ1) is 11.8. The Morgan fingerprint density at radius 2 is 2.16 bits per heavy atom. The number of nitrogens with one attached hydrogen (secondary N) is 1. The molecule has 6 nitrogen and oxygen atoms in total. The van der Waals surface area contributed by atoms with Crippen molar-refractivity contribution >= 4 is 12.0 Å². The maximum atomic E-state index is 12.1. The van der Waals surface area contributed by atoms with Crippen LogP contribution in [0.4, 0.5) is 4.79 Å². The number of hydrogen-bond acceptors (Lipinski definition) is 3. The second-order valence-corrected chi connectivity index (χ2v) is 5.10. The topological polar surface area (TPSA) is 89.9 Å². The van der Waals surface area contributed by atoms with Gasteiger partial charge < -0.3 is 20.4 Å². The second kappa shape index (κ2) is 3.88. The molecular formula is C13H14N2O4. The number of fused-ring (bicyclic) bond motifs is 3. The molecule has 2 aliphatic rings. The van der Waals surface area contributed by atoms with Crippen molar-refractivity contribution in [3.8, 4) is 5.75 Å². The van der Waals surface area contributed by atoms with Gasteiger partial charge in [-0.15, -0.1) is 0 Å². The number of nitrogens with zero attached hydrogens (tertiary/aromatic N) is 1. The zero-order valence-corrected chi connectivity index (χ0v) is 10.4. The molecule has 1 aromatic carbocycles. The maximum absolute atomic E-state index is 12.1. The first-order valence-electron chi connectivity index (χ1n) is 6.09. The van der Waals surface area contributed by atoms with Gasteiger partial charge in [0, 0.05) is 24.6 Å². The van der Waals surface area contributed by atoms with Gasteiger partial charge in [-0.1, -0.05) is 0 Å².